The molecule has 5 nitrogen and oxygen atoms in total. The Morgan fingerprint density at radius 1 is 1.00 bits per heavy atom. The zero-order valence-corrected chi connectivity index (χ0v) is 15.0. The lowest BCUT2D eigenvalue weighted by Gasteiger charge is -2.26. The van der Waals surface area contributed by atoms with Crippen LogP contribution in [0.1, 0.15) is 57.8 Å². The second kappa shape index (κ2) is 11.7. The highest BCUT2D eigenvalue weighted by atomic mass is 16.5. The van der Waals surface area contributed by atoms with Crippen molar-refractivity contribution in [3.8, 4) is 0 Å². The molecule has 0 atom stereocenters. The fourth-order valence-electron chi connectivity index (χ4n) is 3.50. The van der Waals surface area contributed by atoms with Gasteiger partial charge < -0.3 is 20.3 Å². The molecule has 2 fully saturated rings. The molecule has 1 aliphatic carbocycles. The van der Waals surface area contributed by atoms with E-state index in [2.05, 4.69) is 20.5 Å². The largest absolute Gasteiger partial charge is 0.378 e. The number of aliphatic imine (C=N–C) groups is 1. The van der Waals surface area contributed by atoms with Crippen molar-refractivity contribution in [2.75, 3.05) is 46.4 Å². The Hall–Kier alpha value is -0.810. The van der Waals surface area contributed by atoms with Crippen molar-refractivity contribution in [2.45, 2.75) is 63.9 Å². The van der Waals surface area contributed by atoms with Crippen molar-refractivity contribution in [3.63, 3.8) is 0 Å². The Kier molecular flexibility index (Phi) is 9.41. The summed E-state index contributed by atoms with van der Waals surface area (Å²) in [6.45, 7) is 6.39. The molecule has 1 heterocycles. The molecule has 0 unspecified atom stereocenters. The second-order valence-electron chi connectivity index (χ2n) is 6.81. The molecule has 134 valence electrons. The Balaban J connectivity index is 1.45. The molecule has 0 aromatic rings. The predicted molar refractivity (Wildman–Crippen MR) is 97.1 cm³/mol. The fraction of sp³-hybridized carbons (Fsp3) is 0.944. The molecule has 1 saturated heterocycles. The summed E-state index contributed by atoms with van der Waals surface area (Å²) in [7, 11) is 1.84. The van der Waals surface area contributed by atoms with Gasteiger partial charge in [0.2, 0.25) is 0 Å². The first kappa shape index (κ1) is 18.5. The minimum atomic E-state index is 0.519. The van der Waals surface area contributed by atoms with E-state index in [1.54, 1.807) is 0 Å². The molecule has 1 saturated carbocycles. The first-order chi connectivity index (χ1) is 11.4. The molecule has 0 bridgehead atoms. The Morgan fingerprint density at radius 2 is 1.70 bits per heavy atom. The highest BCUT2D eigenvalue weighted by Gasteiger charge is 2.13. The van der Waals surface area contributed by atoms with Crippen molar-refractivity contribution in [1.29, 1.82) is 0 Å². The number of guanidine groups is 1. The van der Waals surface area contributed by atoms with Crippen LogP contribution < -0.4 is 10.6 Å². The SMILES string of the molecule is CN=C(NCCCOC1CCCCC1)NCCN1CCCCC1. The maximum Gasteiger partial charge on any atom is 0.191 e. The number of hydrogen-bond acceptors (Lipinski definition) is 3. The van der Waals surface area contributed by atoms with Gasteiger partial charge in [-0.05, 0) is 45.2 Å². The summed E-state index contributed by atoms with van der Waals surface area (Å²) in [4.78, 5) is 6.84. The maximum absolute atomic E-state index is 5.95. The lowest BCUT2D eigenvalue weighted by Crippen LogP contribution is -2.43. The number of nitrogens with one attached hydrogen (secondary N) is 2. The van der Waals surface area contributed by atoms with Crippen LogP contribution in [0.3, 0.4) is 0 Å². The van der Waals surface area contributed by atoms with Gasteiger partial charge in [0, 0.05) is 33.3 Å². The summed E-state index contributed by atoms with van der Waals surface area (Å²) >= 11 is 0. The van der Waals surface area contributed by atoms with Gasteiger partial charge in [-0.2, -0.15) is 0 Å². The van der Waals surface area contributed by atoms with Gasteiger partial charge in [0.05, 0.1) is 6.10 Å². The van der Waals surface area contributed by atoms with Crippen molar-refractivity contribution in [1.82, 2.24) is 15.5 Å². The van der Waals surface area contributed by atoms with Crippen LogP contribution in [-0.4, -0.2) is 63.3 Å². The Morgan fingerprint density at radius 3 is 2.43 bits per heavy atom. The van der Waals surface area contributed by atoms with E-state index < -0.39 is 0 Å². The minimum absolute atomic E-state index is 0.519. The molecule has 0 spiro atoms. The first-order valence-corrected chi connectivity index (χ1v) is 9.67. The number of hydrogen-bond donors (Lipinski definition) is 2. The average Bonchev–Trinajstić information content (AvgIpc) is 2.61. The van der Waals surface area contributed by atoms with Crippen LogP contribution in [0.2, 0.25) is 0 Å². The van der Waals surface area contributed by atoms with Crippen LogP contribution >= 0.6 is 0 Å². The fourth-order valence-corrected chi connectivity index (χ4v) is 3.50. The van der Waals surface area contributed by atoms with E-state index in [-0.39, 0.29) is 0 Å². The molecule has 0 amide bonds. The van der Waals surface area contributed by atoms with E-state index in [1.165, 1.54) is 64.5 Å². The van der Waals surface area contributed by atoms with Gasteiger partial charge in [-0.3, -0.25) is 4.99 Å². The molecule has 2 rings (SSSR count). The smallest absolute Gasteiger partial charge is 0.191 e. The second-order valence-corrected chi connectivity index (χ2v) is 6.81. The number of nitrogens with zero attached hydrogens (tertiary/aromatic N) is 2. The lowest BCUT2D eigenvalue weighted by molar-refractivity contribution is 0.0277. The van der Waals surface area contributed by atoms with Crippen LogP contribution in [0.15, 0.2) is 4.99 Å². The molecule has 1 aliphatic heterocycles. The van der Waals surface area contributed by atoms with Gasteiger partial charge in [0.15, 0.2) is 5.96 Å². The molecule has 0 aromatic heterocycles. The number of rotatable bonds is 8. The lowest BCUT2D eigenvalue weighted by atomic mass is 9.98. The third-order valence-electron chi connectivity index (χ3n) is 4.91. The van der Waals surface area contributed by atoms with E-state index in [0.29, 0.717) is 6.10 Å². The summed E-state index contributed by atoms with van der Waals surface area (Å²) in [5.74, 6) is 0.916. The number of likely N-dealkylation sites (tertiary alicyclic amines) is 1. The van der Waals surface area contributed by atoms with Crippen molar-refractivity contribution >= 4 is 5.96 Å². The maximum atomic E-state index is 5.95. The monoisotopic (exact) mass is 324 g/mol. The molecule has 2 aliphatic rings. The number of piperidine rings is 1. The van der Waals surface area contributed by atoms with Gasteiger partial charge in [-0.1, -0.05) is 25.7 Å². The minimum Gasteiger partial charge on any atom is -0.378 e. The quantitative estimate of drug-likeness (QED) is 0.409. The average molecular weight is 325 g/mol. The molecule has 0 aromatic carbocycles. The van der Waals surface area contributed by atoms with Crippen molar-refractivity contribution < 1.29 is 4.74 Å². The molecular formula is C18H36N4O. The van der Waals surface area contributed by atoms with Gasteiger partial charge in [0.25, 0.3) is 0 Å². The molecule has 5 heteroatoms. The van der Waals surface area contributed by atoms with E-state index in [1.807, 2.05) is 7.05 Å². The van der Waals surface area contributed by atoms with E-state index >= 15 is 0 Å². The normalized spacial score (nSPS) is 21.3. The van der Waals surface area contributed by atoms with Crippen LogP contribution in [0.25, 0.3) is 0 Å². The Bertz CT molecular complexity index is 323. The van der Waals surface area contributed by atoms with Gasteiger partial charge in [-0.15, -0.1) is 0 Å². The van der Waals surface area contributed by atoms with E-state index in [0.717, 1.165) is 38.6 Å². The molecule has 2 N–H and O–H groups in total. The predicted octanol–water partition coefficient (Wildman–Crippen LogP) is 2.38. The van der Waals surface area contributed by atoms with Gasteiger partial charge >= 0.3 is 0 Å². The zero-order chi connectivity index (χ0) is 16.2. The molecular weight excluding hydrogens is 288 g/mol. The zero-order valence-electron chi connectivity index (χ0n) is 15.0. The van der Waals surface area contributed by atoms with Crippen LogP contribution in [0.5, 0.6) is 0 Å². The van der Waals surface area contributed by atoms with Gasteiger partial charge in [0.1, 0.15) is 0 Å². The summed E-state index contributed by atoms with van der Waals surface area (Å²) in [6, 6.07) is 0. The third kappa shape index (κ3) is 8.02. The Labute approximate surface area is 142 Å². The third-order valence-corrected chi connectivity index (χ3v) is 4.91. The van der Waals surface area contributed by atoms with Crippen molar-refractivity contribution in [2.24, 2.45) is 4.99 Å². The van der Waals surface area contributed by atoms with Crippen LogP contribution in [-0.2, 0) is 4.74 Å². The van der Waals surface area contributed by atoms with Gasteiger partial charge in [-0.25, -0.2) is 0 Å². The van der Waals surface area contributed by atoms with E-state index in [9.17, 15) is 0 Å². The first-order valence-electron chi connectivity index (χ1n) is 9.67. The van der Waals surface area contributed by atoms with Crippen LogP contribution in [0.4, 0.5) is 0 Å². The summed E-state index contributed by atoms with van der Waals surface area (Å²) < 4.78 is 5.95. The van der Waals surface area contributed by atoms with E-state index in [4.69, 9.17) is 4.74 Å². The number of ether oxygens (including phenoxy) is 1. The highest BCUT2D eigenvalue weighted by Crippen LogP contribution is 2.20. The molecule has 0 radical (unpaired) electrons. The van der Waals surface area contributed by atoms with Crippen molar-refractivity contribution in [3.05, 3.63) is 0 Å². The highest BCUT2D eigenvalue weighted by molar-refractivity contribution is 5.79. The summed E-state index contributed by atoms with van der Waals surface area (Å²) in [5.41, 5.74) is 0. The summed E-state index contributed by atoms with van der Waals surface area (Å²) in [6.07, 6.45) is 12.3. The molecule has 23 heavy (non-hydrogen) atoms. The topological polar surface area (TPSA) is 48.9 Å². The van der Waals surface area contributed by atoms with Crippen LogP contribution in [0, 0.1) is 0 Å². The standard InChI is InChI=1S/C18H36N4O/c1-19-18(21-12-15-22-13-6-3-7-14-22)20-11-8-16-23-17-9-4-2-5-10-17/h17H,2-16H2,1H3,(H2,19,20,21). The summed E-state index contributed by atoms with van der Waals surface area (Å²) in [5, 5.41) is 6.80.